The first-order valence-corrected chi connectivity index (χ1v) is 8.52. The van der Waals surface area contributed by atoms with E-state index >= 15 is 0 Å². The molecule has 3 aromatic rings. The third-order valence-corrected chi connectivity index (χ3v) is 3.92. The van der Waals surface area contributed by atoms with Crippen molar-refractivity contribution < 1.29 is 18.7 Å². The first-order chi connectivity index (χ1) is 13.1. The molecule has 0 aliphatic rings. The molecule has 0 radical (unpaired) electrons. The van der Waals surface area contributed by atoms with E-state index in [9.17, 15) is 9.59 Å². The van der Waals surface area contributed by atoms with Gasteiger partial charge in [-0.3, -0.25) is 9.59 Å². The summed E-state index contributed by atoms with van der Waals surface area (Å²) in [6, 6.07) is 19.4. The second kappa shape index (κ2) is 8.71. The highest BCUT2D eigenvalue weighted by atomic mass is 16.5. The Labute approximate surface area is 157 Å². The number of likely N-dealkylation sites (N-methyl/N-ethyl adjacent to an activating group) is 1. The van der Waals surface area contributed by atoms with E-state index in [4.69, 9.17) is 9.15 Å². The minimum Gasteiger partial charge on any atom is -0.492 e. The zero-order valence-corrected chi connectivity index (χ0v) is 14.9. The molecule has 6 nitrogen and oxygen atoms in total. The number of ether oxygens (including phenoxy) is 1. The van der Waals surface area contributed by atoms with Crippen LogP contribution in [0.5, 0.6) is 5.75 Å². The molecule has 1 N–H and O–H groups in total. The minimum atomic E-state index is -0.339. The van der Waals surface area contributed by atoms with E-state index < -0.39 is 0 Å². The number of nitrogens with zero attached hydrogens (tertiary/aromatic N) is 1. The smallest absolute Gasteiger partial charge is 0.291 e. The van der Waals surface area contributed by atoms with Crippen LogP contribution in [0.4, 0.5) is 5.69 Å². The van der Waals surface area contributed by atoms with E-state index in [0.717, 1.165) is 5.75 Å². The lowest BCUT2D eigenvalue weighted by Crippen LogP contribution is -2.30. The molecule has 0 unspecified atom stereocenters. The van der Waals surface area contributed by atoms with Gasteiger partial charge in [-0.1, -0.05) is 18.2 Å². The summed E-state index contributed by atoms with van der Waals surface area (Å²) >= 11 is 0. The molecular weight excluding hydrogens is 344 g/mol. The molecule has 0 fully saturated rings. The van der Waals surface area contributed by atoms with Gasteiger partial charge in [0.15, 0.2) is 5.76 Å². The zero-order valence-electron chi connectivity index (χ0n) is 14.9. The Balaban J connectivity index is 1.51. The van der Waals surface area contributed by atoms with Gasteiger partial charge in [-0.05, 0) is 48.5 Å². The average molecular weight is 364 g/mol. The van der Waals surface area contributed by atoms with Gasteiger partial charge in [0, 0.05) is 18.3 Å². The summed E-state index contributed by atoms with van der Waals surface area (Å²) in [6.07, 6.45) is 1.44. The molecule has 0 spiro atoms. The van der Waals surface area contributed by atoms with Gasteiger partial charge in [-0.25, -0.2) is 0 Å². The van der Waals surface area contributed by atoms with Crippen LogP contribution in [0.2, 0.25) is 0 Å². The molecule has 0 saturated heterocycles. The Bertz CT molecular complexity index is 874. The van der Waals surface area contributed by atoms with Crippen molar-refractivity contribution in [3.63, 3.8) is 0 Å². The van der Waals surface area contributed by atoms with E-state index in [1.807, 2.05) is 30.3 Å². The lowest BCUT2D eigenvalue weighted by atomic mass is 10.2. The number of carbonyl (C=O) groups is 2. The Kier molecular flexibility index (Phi) is 5.89. The van der Waals surface area contributed by atoms with Gasteiger partial charge in [0.2, 0.25) is 0 Å². The normalized spacial score (nSPS) is 10.3. The molecule has 6 heteroatoms. The van der Waals surface area contributed by atoms with Crippen molar-refractivity contribution in [3.05, 3.63) is 84.3 Å². The van der Waals surface area contributed by atoms with Gasteiger partial charge in [-0.2, -0.15) is 0 Å². The number of carbonyl (C=O) groups excluding carboxylic acids is 2. The van der Waals surface area contributed by atoms with Crippen LogP contribution in [0.25, 0.3) is 0 Å². The van der Waals surface area contributed by atoms with Crippen molar-refractivity contribution in [1.82, 2.24) is 4.90 Å². The SMILES string of the molecule is CN(CCOc1ccccc1)C(=O)c1ccc(NC(=O)c2ccco2)cc1. The molecule has 138 valence electrons. The number of furan rings is 1. The molecule has 1 aromatic heterocycles. The number of amides is 2. The predicted molar refractivity (Wildman–Crippen MR) is 102 cm³/mol. The molecule has 0 saturated carbocycles. The number of hydrogen-bond acceptors (Lipinski definition) is 4. The lowest BCUT2D eigenvalue weighted by molar-refractivity contribution is 0.0773. The van der Waals surface area contributed by atoms with Crippen LogP contribution in [0.1, 0.15) is 20.9 Å². The molecule has 1 heterocycles. The summed E-state index contributed by atoms with van der Waals surface area (Å²) in [5.41, 5.74) is 1.12. The molecule has 27 heavy (non-hydrogen) atoms. The van der Waals surface area contributed by atoms with Crippen molar-refractivity contribution in [3.8, 4) is 5.75 Å². The van der Waals surface area contributed by atoms with Crippen LogP contribution in [0.3, 0.4) is 0 Å². The Morgan fingerprint density at radius 3 is 2.41 bits per heavy atom. The van der Waals surface area contributed by atoms with Gasteiger partial charge >= 0.3 is 0 Å². The van der Waals surface area contributed by atoms with E-state index in [0.29, 0.717) is 24.4 Å². The molecule has 0 atom stereocenters. The lowest BCUT2D eigenvalue weighted by Gasteiger charge is -2.17. The van der Waals surface area contributed by atoms with Crippen LogP contribution in [0, 0.1) is 0 Å². The maximum absolute atomic E-state index is 12.5. The fourth-order valence-electron chi connectivity index (χ4n) is 2.44. The van der Waals surface area contributed by atoms with E-state index in [-0.39, 0.29) is 17.6 Å². The highest BCUT2D eigenvalue weighted by molar-refractivity contribution is 6.02. The summed E-state index contributed by atoms with van der Waals surface area (Å²) in [4.78, 5) is 26.0. The number of benzene rings is 2. The van der Waals surface area contributed by atoms with Crippen LogP contribution < -0.4 is 10.1 Å². The summed E-state index contributed by atoms with van der Waals surface area (Å²) in [6.45, 7) is 0.869. The fourth-order valence-corrected chi connectivity index (χ4v) is 2.44. The number of nitrogens with one attached hydrogen (secondary N) is 1. The standard InChI is InChI=1S/C21H20N2O4/c1-23(13-15-26-18-6-3-2-4-7-18)21(25)16-9-11-17(12-10-16)22-20(24)19-8-5-14-27-19/h2-12,14H,13,15H2,1H3,(H,22,24). The largest absolute Gasteiger partial charge is 0.492 e. The number of rotatable bonds is 7. The Hall–Kier alpha value is -3.54. The monoisotopic (exact) mass is 364 g/mol. The quantitative estimate of drug-likeness (QED) is 0.694. The first kappa shape index (κ1) is 18.3. The topological polar surface area (TPSA) is 71.8 Å². The molecular formula is C21H20N2O4. The Morgan fingerprint density at radius 2 is 1.74 bits per heavy atom. The number of para-hydroxylation sites is 1. The summed E-state index contributed by atoms with van der Waals surface area (Å²) in [5, 5.41) is 2.71. The van der Waals surface area contributed by atoms with Gasteiger partial charge in [-0.15, -0.1) is 0 Å². The first-order valence-electron chi connectivity index (χ1n) is 8.52. The molecule has 0 aliphatic carbocycles. The van der Waals surface area contributed by atoms with Crippen molar-refractivity contribution in [2.45, 2.75) is 0 Å². The van der Waals surface area contributed by atoms with Gasteiger partial charge in [0.25, 0.3) is 11.8 Å². The van der Waals surface area contributed by atoms with Crippen molar-refractivity contribution in [2.24, 2.45) is 0 Å². The molecule has 0 bridgehead atoms. The van der Waals surface area contributed by atoms with Gasteiger partial charge < -0.3 is 19.4 Å². The van der Waals surface area contributed by atoms with Crippen LogP contribution in [-0.4, -0.2) is 36.9 Å². The molecule has 2 aromatic carbocycles. The van der Waals surface area contributed by atoms with Crippen molar-refractivity contribution in [1.29, 1.82) is 0 Å². The van der Waals surface area contributed by atoms with Gasteiger partial charge in [0.05, 0.1) is 12.8 Å². The molecule has 0 aliphatic heterocycles. The van der Waals surface area contributed by atoms with Gasteiger partial charge in [0.1, 0.15) is 12.4 Å². The minimum absolute atomic E-state index is 0.115. The van der Waals surface area contributed by atoms with E-state index in [1.54, 1.807) is 48.3 Å². The Morgan fingerprint density at radius 1 is 1.00 bits per heavy atom. The second-order valence-electron chi connectivity index (χ2n) is 5.90. The second-order valence-corrected chi connectivity index (χ2v) is 5.90. The highest BCUT2D eigenvalue weighted by Gasteiger charge is 2.13. The third kappa shape index (κ3) is 4.98. The number of hydrogen-bond donors (Lipinski definition) is 1. The molecule has 2 amide bonds. The van der Waals surface area contributed by atoms with Crippen molar-refractivity contribution in [2.75, 3.05) is 25.5 Å². The maximum Gasteiger partial charge on any atom is 0.291 e. The van der Waals surface area contributed by atoms with Crippen LogP contribution in [-0.2, 0) is 0 Å². The molecule has 3 rings (SSSR count). The number of anilines is 1. The average Bonchev–Trinajstić information content (AvgIpc) is 3.24. The summed E-state index contributed by atoms with van der Waals surface area (Å²) in [7, 11) is 1.73. The third-order valence-electron chi connectivity index (χ3n) is 3.92. The zero-order chi connectivity index (χ0) is 19.1. The van der Waals surface area contributed by atoms with Crippen LogP contribution in [0.15, 0.2) is 77.4 Å². The van der Waals surface area contributed by atoms with E-state index in [2.05, 4.69) is 5.32 Å². The fraction of sp³-hybridized carbons (Fsp3) is 0.143. The predicted octanol–water partition coefficient (Wildman–Crippen LogP) is 3.68. The van der Waals surface area contributed by atoms with Crippen molar-refractivity contribution >= 4 is 17.5 Å². The summed E-state index contributed by atoms with van der Waals surface area (Å²) < 4.78 is 10.7. The summed E-state index contributed by atoms with van der Waals surface area (Å²) in [5.74, 6) is 0.549. The van der Waals surface area contributed by atoms with Crippen LogP contribution >= 0.6 is 0 Å². The highest BCUT2D eigenvalue weighted by Crippen LogP contribution is 2.13. The van der Waals surface area contributed by atoms with E-state index in [1.165, 1.54) is 6.26 Å². The maximum atomic E-state index is 12.5.